The summed E-state index contributed by atoms with van der Waals surface area (Å²) in [5, 5.41) is 11.4. The van der Waals surface area contributed by atoms with E-state index in [1.807, 2.05) is 0 Å². The first-order chi connectivity index (χ1) is 4.30. The van der Waals surface area contributed by atoms with E-state index in [0.717, 1.165) is 25.8 Å². The first-order valence-electron chi connectivity index (χ1n) is 3.27. The zero-order valence-corrected chi connectivity index (χ0v) is 7.38. The van der Waals surface area contributed by atoms with Crippen molar-refractivity contribution in [3.05, 3.63) is 0 Å². The minimum Gasteiger partial charge on any atom is -0.480 e. The molecule has 1 unspecified atom stereocenters. The smallest absolute Gasteiger partial charge is 0.320 e. The molecule has 0 aromatic rings. The van der Waals surface area contributed by atoms with Crippen LogP contribution in [-0.2, 0) is 4.79 Å². The van der Waals surface area contributed by atoms with Crippen molar-refractivity contribution in [3.8, 4) is 0 Å². The van der Waals surface area contributed by atoms with E-state index < -0.39 is 5.97 Å². The third-order valence-corrected chi connectivity index (χ3v) is 1.61. The van der Waals surface area contributed by atoms with Gasteiger partial charge in [-0.2, -0.15) is 0 Å². The Labute approximate surface area is 70.6 Å². The van der Waals surface area contributed by atoms with Gasteiger partial charge in [-0.25, -0.2) is 0 Å². The predicted molar refractivity (Wildman–Crippen MR) is 43.6 cm³/mol. The Kier molecular flexibility index (Phi) is 4.64. The van der Waals surface area contributed by atoms with Crippen LogP contribution in [0.4, 0.5) is 0 Å². The highest BCUT2D eigenvalue weighted by molar-refractivity contribution is 8.93. The molecule has 0 aromatic carbocycles. The Hall–Kier alpha value is -0.0900. The Morgan fingerprint density at radius 1 is 1.50 bits per heavy atom. The minimum atomic E-state index is -0.713. The van der Waals surface area contributed by atoms with Crippen molar-refractivity contribution in [2.75, 3.05) is 6.54 Å². The molecule has 0 saturated carbocycles. The van der Waals surface area contributed by atoms with Crippen molar-refractivity contribution < 1.29 is 9.90 Å². The second kappa shape index (κ2) is 4.68. The van der Waals surface area contributed by atoms with Gasteiger partial charge in [0, 0.05) is 0 Å². The largest absolute Gasteiger partial charge is 0.480 e. The molecular weight excluding hydrogens is 198 g/mol. The molecule has 2 N–H and O–H groups in total. The number of hydrogen-bond acceptors (Lipinski definition) is 2. The van der Waals surface area contributed by atoms with Gasteiger partial charge in [0.15, 0.2) is 0 Å². The normalized spacial score (nSPS) is 25.0. The molecule has 1 aliphatic rings. The molecule has 3 nitrogen and oxygen atoms in total. The third-order valence-electron chi connectivity index (χ3n) is 1.61. The summed E-state index contributed by atoms with van der Waals surface area (Å²) in [5.41, 5.74) is 0. The average molecular weight is 210 g/mol. The summed E-state index contributed by atoms with van der Waals surface area (Å²) in [4.78, 5) is 10.3. The van der Waals surface area contributed by atoms with Gasteiger partial charge in [0.25, 0.3) is 0 Å². The number of carbonyl (C=O) groups is 1. The van der Waals surface area contributed by atoms with Crippen molar-refractivity contribution in [1.29, 1.82) is 0 Å². The molecule has 1 saturated heterocycles. The topological polar surface area (TPSA) is 49.3 Å². The quantitative estimate of drug-likeness (QED) is 0.672. The Balaban J connectivity index is 0.000000810. The molecule has 0 spiro atoms. The lowest BCUT2D eigenvalue weighted by atomic mass is 10.1. The second-order valence-corrected chi connectivity index (χ2v) is 2.34. The van der Waals surface area contributed by atoms with Gasteiger partial charge in [0.1, 0.15) is 6.04 Å². The maximum Gasteiger partial charge on any atom is 0.320 e. The lowest BCUT2D eigenvalue weighted by Gasteiger charge is -2.18. The third kappa shape index (κ3) is 2.66. The molecule has 0 aromatic heterocycles. The van der Waals surface area contributed by atoms with Crippen molar-refractivity contribution >= 4 is 23.0 Å². The molecular formula is C6H12BrNO2. The lowest BCUT2D eigenvalue weighted by Crippen LogP contribution is -2.40. The van der Waals surface area contributed by atoms with Crippen LogP contribution >= 0.6 is 17.0 Å². The summed E-state index contributed by atoms with van der Waals surface area (Å²) in [5.74, 6) is -0.713. The molecule has 0 aliphatic carbocycles. The van der Waals surface area contributed by atoms with Crippen LogP contribution in [0.1, 0.15) is 19.3 Å². The molecule has 1 rings (SSSR count). The number of carboxylic acid groups (broad SMARTS) is 1. The van der Waals surface area contributed by atoms with Crippen molar-refractivity contribution in [3.63, 3.8) is 0 Å². The summed E-state index contributed by atoms with van der Waals surface area (Å²) < 4.78 is 0. The number of halogens is 1. The summed E-state index contributed by atoms with van der Waals surface area (Å²) in [6.45, 7) is 0.858. The monoisotopic (exact) mass is 209 g/mol. The fourth-order valence-electron chi connectivity index (χ4n) is 1.06. The van der Waals surface area contributed by atoms with E-state index in [2.05, 4.69) is 5.32 Å². The first kappa shape index (κ1) is 9.91. The molecule has 1 aliphatic heterocycles. The van der Waals surface area contributed by atoms with Crippen LogP contribution in [-0.4, -0.2) is 23.7 Å². The number of piperidine rings is 1. The number of carboxylic acids is 1. The molecule has 1 atom stereocenters. The van der Waals surface area contributed by atoms with Crippen LogP contribution in [0.15, 0.2) is 0 Å². The van der Waals surface area contributed by atoms with E-state index in [9.17, 15) is 4.79 Å². The van der Waals surface area contributed by atoms with Gasteiger partial charge in [-0.3, -0.25) is 4.79 Å². The minimum absolute atomic E-state index is 0. The fraction of sp³-hybridized carbons (Fsp3) is 0.833. The van der Waals surface area contributed by atoms with Gasteiger partial charge in [0.2, 0.25) is 0 Å². The van der Waals surface area contributed by atoms with E-state index in [-0.39, 0.29) is 23.0 Å². The zero-order chi connectivity index (χ0) is 6.69. The highest BCUT2D eigenvalue weighted by atomic mass is 79.9. The number of hydrogen-bond donors (Lipinski definition) is 2. The van der Waals surface area contributed by atoms with Gasteiger partial charge in [-0.1, -0.05) is 6.42 Å². The number of rotatable bonds is 1. The maximum atomic E-state index is 10.3. The van der Waals surface area contributed by atoms with Gasteiger partial charge in [0.05, 0.1) is 0 Å². The van der Waals surface area contributed by atoms with Gasteiger partial charge >= 0.3 is 5.97 Å². The summed E-state index contributed by atoms with van der Waals surface area (Å²) in [6.07, 6.45) is 2.95. The standard InChI is InChI=1S/C6H11NO2.BrH/c8-6(9)5-3-1-2-4-7-5;/h5,7H,1-4H2,(H,8,9);1H. The maximum absolute atomic E-state index is 10.3. The average Bonchev–Trinajstić information content (AvgIpc) is 1.90. The van der Waals surface area contributed by atoms with E-state index in [4.69, 9.17) is 5.11 Å². The molecule has 0 amide bonds. The van der Waals surface area contributed by atoms with E-state index in [1.165, 1.54) is 0 Å². The fourth-order valence-corrected chi connectivity index (χ4v) is 1.06. The highest BCUT2D eigenvalue weighted by Crippen LogP contribution is 2.05. The Morgan fingerprint density at radius 2 is 2.20 bits per heavy atom. The van der Waals surface area contributed by atoms with Crippen LogP contribution < -0.4 is 5.32 Å². The van der Waals surface area contributed by atoms with E-state index >= 15 is 0 Å². The van der Waals surface area contributed by atoms with Crippen LogP contribution in [0.2, 0.25) is 0 Å². The molecule has 4 heteroatoms. The molecule has 0 radical (unpaired) electrons. The summed E-state index contributed by atoms with van der Waals surface area (Å²) >= 11 is 0. The van der Waals surface area contributed by atoms with Crippen LogP contribution in [0.25, 0.3) is 0 Å². The molecule has 10 heavy (non-hydrogen) atoms. The number of aliphatic carboxylic acids is 1. The van der Waals surface area contributed by atoms with Crippen LogP contribution in [0.5, 0.6) is 0 Å². The Bertz CT molecular complexity index is 112. The summed E-state index contributed by atoms with van der Waals surface area (Å²) in [6, 6.07) is -0.279. The highest BCUT2D eigenvalue weighted by Gasteiger charge is 2.18. The van der Waals surface area contributed by atoms with Gasteiger partial charge in [-0.05, 0) is 19.4 Å². The van der Waals surface area contributed by atoms with Gasteiger partial charge in [-0.15, -0.1) is 17.0 Å². The van der Waals surface area contributed by atoms with E-state index in [0.29, 0.717) is 0 Å². The van der Waals surface area contributed by atoms with E-state index in [1.54, 1.807) is 0 Å². The van der Waals surface area contributed by atoms with Crippen LogP contribution in [0, 0.1) is 0 Å². The summed E-state index contributed by atoms with van der Waals surface area (Å²) in [7, 11) is 0. The second-order valence-electron chi connectivity index (χ2n) is 2.34. The SMILES string of the molecule is Br.O=C(O)C1CCCCN1. The van der Waals surface area contributed by atoms with Gasteiger partial charge < -0.3 is 10.4 Å². The number of nitrogens with one attached hydrogen (secondary N) is 1. The molecule has 60 valence electrons. The van der Waals surface area contributed by atoms with Crippen molar-refractivity contribution in [2.24, 2.45) is 0 Å². The first-order valence-corrected chi connectivity index (χ1v) is 3.27. The molecule has 1 heterocycles. The van der Waals surface area contributed by atoms with Crippen LogP contribution in [0.3, 0.4) is 0 Å². The van der Waals surface area contributed by atoms with Crippen molar-refractivity contribution in [2.45, 2.75) is 25.3 Å². The zero-order valence-electron chi connectivity index (χ0n) is 5.67. The molecule has 1 fully saturated rings. The molecule has 0 bridgehead atoms. The predicted octanol–water partition coefficient (Wildman–Crippen LogP) is 0.791. The lowest BCUT2D eigenvalue weighted by molar-refractivity contribution is -0.140. The Morgan fingerprint density at radius 3 is 2.50 bits per heavy atom. The van der Waals surface area contributed by atoms with Crippen molar-refractivity contribution in [1.82, 2.24) is 5.32 Å².